The monoisotopic (exact) mass is 547 g/mol. The number of carbonyl (C=O) groups is 2. The number of hydrogen-bond acceptors (Lipinski definition) is 5. The van der Waals surface area contributed by atoms with Gasteiger partial charge in [0.2, 0.25) is 5.91 Å². The molecule has 1 saturated carbocycles. The molecule has 1 saturated heterocycles. The van der Waals surface area contributed by atoms with Crippen LogP contribution < -0.4 is 4.90 Å². The summed E-state index contributed by atoms with van der Waals surface area (Å²) in [7, 11) is 0. The van der Waals surface area contributed by atoms with Crippen molar-refractivity contribution < 1.29 is 31.9 Å². The number of ether oxygens (including phenoxy) is 1. The lowest BCUT2D eigenvalue weighted by Crippen LogP contribution is -2.73. The summed E-state index contributed by atoms with van der Waals surface area (Å²) in [5.41, 5.74) is -2.43. The number of hydrogen-bond donors (Lipinski definition) is 0. The third kappa shape index (κ3) is 5.23. The zero-order chi connectivity index (χ0) is 28.0. The molecule has 0 atom stereocenters. The topological polar surface area (TPSA) is 73.6 Å². The molecule has 2 aliphatic rings. The Kier molecular flexibility index (Phi) is 6.99. The van der Waals surface area contributed by atoms with Crippen molar-refractivity contribution in [3.8, 4) is 6.07 Å². The quantitative estimate of drug-likeness (QED) is 0.380. The number of halogens is 4. The van der Waals surface area contributed by atoms with Crippen LogP contribution in [-0.2, 0) is 27.0 Å². The SMILES string of the molecule is CC(C)(C)OC(=S)C1CC2(C1)C(=O)N(c1ccc(C#N)cc1F)CC(=O)N2Cc1ccc(C(F)(F)F)cc1. The van der Waals surface area contributed by atoms with Gasteiger partial charge in [-0.2, -0.15) is 18.4 Å². The van der Waals surface area contributed by atoms with Crippen molar-refractivity contribution >= 4 is 34.8 Å². The van der Waals surface area contributed by atoms with Gasteiger partial charge in [0.1, 0.15) is 23.5 Å². The number of benzene rings is 2. The molecule has 4 rings (SSSR count). The fourth-order valence-corrected chi connectivity index (χ4v) is 5.23. The third-order valence-corrected chi connectivity index (χ3v) is 7.07. The van der Waals surface area contributed by atoms with Crippen LogP contribution in [0.15, 0.2) is 42.5 Å². The minimum atomic E-state index is -4.51. The van der Waals surface area contributed by atoms with E-state index in [-0.39, 0.29) is 36.6 Å². The van der Waals surface area contributed by atoms with Crippen LogP contribution in [0.2, 0.25) is 0 Å². The zero-order valence-electron chi connectivity index (χ0n) is 20.9. The molecular weight excluding hydrogens is 522 g/mol. The van der Waals surface area contributed by atoms with Gasteiger partial charge in [0.25, 0.3) is 5.91 Å². The maximum absolute atomic E-state index is 14.9. The average Bonchev–Trinajstić information content (AvgIpc) is 2.79. The first-order valence-electron chi connectivity index (χ1n) is 11.9. The van der Waals surface area contributed by atoms with Gasteiger partial charge in [0, 0.05) is 12.5 Å². The minimum Gasteiger partial charge on any atom is -0.481 e. The number of thiocarbonyl (C=S) groups is 1. The molecule has 2 aromatic rings. The Morgan fingerprint density at radius 2 is 1.76 bits per heavy atom. The second-order valence-electron chi connectivity index (χ2n) is 10.5. The predicted octanol–water partition coefficient (Wildman–Crippen LogP) is 5.38. The zero-order valence-corrected chi connectivity index (χ0v) is 21.8. The van der Waals surface area contributed by atoms with Crippen LogP contribution in [0.25, 0.3) is 0 Å². The Morgan fingerprint density at radius 1 is 1.13 bits per heavy atom. The molecule has 2 amide bonds. The number of amides is 2. The summed E-state index contributed by atoms with van der Waals surface area (Å²) in [6.07, 6.45) is -4.25. The van der Waals surface area contributed by atoms with E-state index in [0.717, 1.165) is 23.1 Å². The highest BCUT2D eigenvalue weighted by Gasteiger charge is 2.61. The lowest BCUT2D eigenvalue weighted by atomic mass is 9.65. The highest BCUT2D eigenvalue weighted by atomic mass is 32.1. The van der Waals surface area contributed by atoms with Gasteiger partial charge in [-0.3, -0.25) is 14.5 Å². The summed E-state index contributed by atoms with van der Waals surface area (Å²) in [6, 6.07) is 9.83. The van der Waals surface area contributed by atoms with Gasteiger partial charge in [-0.15, -0.1) is 0 Å². The number of anilines is 1. The number of piperazine rings is 1. The molecule has 200 valence electrons. The van der Waals surface area contributed by atoms with Gasteiger partial charge in [-0.1, -0.05) is 12.1 Å². The maximum atomic E-state index is 14.9. The smallest absolute Gasteiger partial charge is 0.416 e. The molecule has 11 heteroatoms. The number of alkyl halides is 3. The molecule has 0 N–H and O–H groups in total. The number of carbonyl (C=O) groups excluding carboxylic acids is 2. The normalized spacial score (nSPS) is 21.8. The molecule has 0 radical (unpaired) electrons. The van der Waals surface area contributed by atoms with E-state index in [2.05, 4.69) is 0 Å². The van der Waals surface area contributed by atoms with E-state index in [9.17, 15) is 27.2 Å². The number of nitrogens with zero attached hydrogens (tertiary/aromatic N) is 3. The Bertz CT molecular complexity index is 1320. The summed E-state index contributed by atoms with van der Waals surface area (Å²) >= 11 is 5.44. The molecule has 2 aromatic carbocycles. The van der Waals surface area contributed by atoms with Crippen molar-refractivity contribution in [3.63, 3.8) is 0 Å². The van der Waals surface area contributed by atoms with Crippen LogP contribution >= 0.6 is 12.2 Å². The summed E-state index contributed by atoms with van der Waals surface area (Å²) < 4.78 is 59.7. The summed E-state index contributed by atoms with van der Waals surface area (Å²) in [5.74, 6) is -2.17. The highest BCUT2D eigenvalue weighted by Crippen LogP contribution is 2.48. The van der Waals surface area contributed by atoms with Gasteiger partial charge >= 0.3 is 6.18 Å². The van der Waals surface area contributed by atoms with Crippen LogP contribution in [0.3, 0.4) is 0 Å². The fraction of sp³-hybridized carbons (Fsp3) is 0.407. The molecule has 1 heterocycles. The largest absolute Gasteiger partial charge is 0.481 e. The Hall–Kier alpha value is -3.52. The van der Waals surface area contributed by atoms with Crippen LogP contribution in [0.5, 0.6) is 0 Å². The Morgan fingerprint density at radius 3 is 2.29 bits per heavy atom. The van der Waals surface area contributed by atoms with Crippen molar-refractivity contribution in [2.75, 3.05) is 11.4 Å². The number of rotatable bonds is 4. The van der Waals surface area contributed by atoms with Crippen LogP contribution in [0.4, 0.5) is 23.2 Å². The standard InChI is InChI=1S/C27H25F4N3O3S/c1-25(2,3)37-23(38)18-11-26(12-18)24(36)33(21-9-6-17(13-32)10-20(21)28)15-22(35)34(26)14-16-4-7-19(8-5-16)27(29,30)31/h4-10,18H,11-12,14-15H2,1-3H3. The summed E-state index contributed by atoms with van der Waals surface area (Å²) in [4.78, 5) is 29.7. The van der Waals surface area contributed by atoms with E-state index >= 15 is 0 Å². The molecule has 1 spiro atoms. The fourth-order valence-electron chi connectivity index (χ4n) is 4.81. The first-order chi connectivity index (χ1) is 17.6. The molecule has 1 aliphatic heterocycles. The van der Waals surface area contributed by atoms with Crippen molar-refractivity contribution in [1.82, 2.24) is 4.90 Å². The number of nitriles is 1. The Balaban J connectivity index is 1.67. The summed E-state index contributed by atoms with van der Waals surface area (Å²) in [5, 5.41) is 9.33. The summed E-state index contributed by atoms with van der Waals surface area (Å²) in [6.45, 7) is 4.92. The molecule has 1 aliphatic carbocycles. The minimum absolute atomic E-state index is 0.0639. The molecule has 38 heavy (non-hydrogen) atoms. The van der Waals surface area contributed by atoms with Crippen molar-refractivity contribution in [2.45, 2.75) is 57.5 Å². The van der Waals surface area contributed by atoms with Gasteiger partial charge in [0.15, 0.2) is 5.05 Å². The molecule has 2 fully saturated rings. The first-order valence-corrected chi connectivity index (χ1v) is 12.3. The van der Waals surface area contributed by atoms with Gasteiger partial charge in [-0.25, -0.2) is 4.39 Å². The predicted molar refractivity (Wildman–Crippen MR) is 134 cm³/mol. The third-order valence-electron chi connectivity index (χ3n) is 6.65. The lowest BCUT2D eigenvalue weighted by Gasteiger charge is -2.57. The molecule has 0 aromatic heterocycles. The van der Waals surface area contributed by atoms with Crippen LogP contribution in [0, 0.1) is 23.1 Å². The van der Waals surface area contributed by atoms with E-state index in [4.69, 9.17) is 22.2 Å². The molecule has 0 unspecified atom stereocenters. The molecular formula is C27H25F4N3O3S. The van der Waals surface area contributed by atoms with E-state index in [1.807, 2.05) is 26.8 Å². The first kappa shape index (κ1) is 27.5. The Labute approximate surface area is 222 Å². The lowest BCUT2D eigenvalue weighted by molar-refractivity contribution is -0.160. The van der Waals surface area contributed by atoms with Crippen molar-refractivity contribution in [3.05, 3.63) is 65.0 Å². The van der Waals surface area contributed by atoms with Crippen LogP contribution in [0.1, 0.15) is 50.3 Å². The van der Waals surface area contributed by atoms with E-state index in [0.29, 0.717) is 10.6 Å². The van der Waals surface area contributed by atoms with Crippen molar-refractivity contribution in [1.29, 1.82) is 5.26 Å². The van der Waals surface area contributed by atoms with E-state index in [1.165, 1.54) is 29.2 Å². The second kappa shape index (κ2) is 9.66. The van der Waals surface area contributed by atoms with Gasteiger partial charge in [-0.05, 0) is 81.7 Å². The second-order valence-corrected chi connectivity index (χ2v) is 10.9. The van der Waals surface area contributed by atoms with Gasteiger partial charge < -0.3 is 9.64 Å². The van der Waals surface area contributed by atoms with Crippen LogP contribution in [-0.4, -0.2) is 39.4 Å². The van der Waals surface area contributed by atoms with E-state index < -0.39 is 47.1 Å². The maximum Gasteiger partial charge on any atom is 0.416 e. The van der Waals surface area contributed by atoms with E-state index in [1.54, 1.807) is 0 Å². The molecule has 6 nitrogen and oxygen atoms in total. The average molecular weight is 548 g/mol. The highest BCUT2D eigenvalue weighted by molar-refractivity contribution is 7.80. The van der Waals surface area contributed by atoms with Crippen molar-refractivity contribution in [2.24, 2.45) is 5.92 Å². The molecule has 0 bridgehead atoms. The van der Waals surface area contributed by atoms with Gasteiger partial charge in [0.05, 0.1) is 22.9 Å².